The summed E-state index contributed by atoms with van der Waals surface area (Å²) in [6.45, 7) is 1.56. The molecule has 2 fully saturated rings. The van der Waals surface area contributed by atoms with Gasteiger partial charge in [-0.1, -0.05) is 12.8 Å². The zero-order valence-corrected chi connectivity index (χ0v) is 10.4. The minimum Gasteiger partial charge on any atom is -0.330 e. The lowest BCUT2D eigenvalue weighted by Crippen LogP contribution is -2.45. The molecular weight excluding hydrogens is 226 g/mol. The molecule has 2 rings (SSSR count). The normalized spacial score (nSPS) is 33.6. The van der Waals surface area contributed by atoms with E-state index in [0.29, 0.717) is 12.0 Å². The summed E-state index contributed by atoms with van der Waals surface area (Å²) < 4.78 is 0. The van der Waals surface area contributed by atoms with Crippen molar-refractivity contribution in [3.05, 3.63) is 0 Å². The van der Waals surface area contributed by atoms with Crippen LogP contribution in [-0.2, 0) is 9.59 Å². The smallest absolute Gasteiger partial charge is 0.220 e. The van der Waals surface area contributed by atoms with Crippen LogP contribution in [0.2, 0.25) is 0 Å². The van der Waals surface area contributed by atoms with Crippen LogP contribution in [0, 0.1) is 5.92 Å². The van der Waals surface area contributed by atoms with E-state index in [1.165, 1.54) is 12.8 Å². The zero-order valence-electron chi connectivity index (χ0n) is 9.62. The molecule has 0 aromatic heterocycles. The summed E-state index contributed by atoms with van der Waals surface area (Å²) >= 11 is 5.61. The van der Waals surface area contributed by atoms with Crippen LogP contribution in [0.5, 0.6) is 0 Å². The first-order valence-electron chi connectivity index (χ1n) is 6.02. The van der Waals surface area contributed by atoms with Crippen molar-refractivity contribution in [1.82, 2.24) is 4.90 Å². The number of halogens is 1. The van der Waals surface area contributed by atoms with Crippen molar-refractivity contribution < 1.29 is 9.59 Å². The van der Waals surface area contributed by atoms with Crippen LogP contribution in [0.1, 0.15) is 39.0 Å². The number of hydrogen-bond acceptors (Lipinski definition) is 2. The lowest BCUT2D eigenvalue weighted by molar-refractivity contribution is -0.137. The summed E-state index contributed by atoms with van der Waals surface area (Å²) in [7, 11) is 0. The molecule has 90 valence electrons. The van der Waals surface area contributed by atoms with Gasteiger partial charge in [-0.15, -0.1) is 11.6 Å². The number of alkyl halides is 1. The van der Waals surface area contributed by atoms with Crippen molar-refractivity contribution in [3.8, 4) is 0 Å². The second kappa shape index (κ2) is 4.74. The SMILES string of the molecule is CC(=O)N1C(C(=O)CCl)CC2CCCCC21. The summed E-state index contributed by atoms with van der Waals surface area (Å²) in [6.07, 6.45) is 5.44. The van der Waals surface area contributed by atoms with Gasteiger partial charge in [0.2, 0.25) is 5.91 Å². The molecule has 0 aromatic rings. The Balaban J connectivity index is 2.19. The number of hydrogen-bond donors (Lipinski definition) is 0. The van der Waals surface area contributed by atoms with E-state index in [4.69, 9.17) is 11.6 Å². The van der Waals surface area contributed by atoms with Crippen LogP contribution in [0.15, 0.2) is 0 Å². The maximum atomic E-state index is 11.7. The molecule has 0 radical (unpaired) electrons. The lowest BCUT2D eigenvalue weighted by atomic mass is 9.84. The van der Waals surface area contributed by atoms with Crippen LogP contribution in [0.3, 0.4) is 0 Å². The second-order valence-corrected chi connectivity index (χ2v) is 5.16. The Labute approximate surface area is 101 Å². The molecule has 1 amide bonds. The minimum atomic E-state index is -0.247. The summed E-state index contributed by atoms with van der Waals surface area (Å²) in [6, 6.07) is 0.0477. The average Bonchev–Trinajstić information content (AvgIpc) is 2.67. The van der Waals surface area contributed by atoms with Gasteiger partial charge >= 0.3 is 0 Å². The van der Waals surface area contributed by atoms with E-state index in [9.17, 15) is 9.59 Å². The fraction of sp³-hybridized carbons (Fsp3) is 0.833. The van der Waals surface area contributed by atoms with Gasteiger partial charge in [-0.3, -0.25) is 9.59 Å². The number of fused-ring (bicyclic) bond motifs is 1. The van der Waals surface area contributed by atoms with Crippen LogP contribution in [0.25, 0.3) is 0 Å². The van der Waals surface area contributed by atoms with Gasteiger partial charge in [0, 0.05) is 13.0 Å². The Bertz CT molecular complexity index is 305. The summed E-state index contributed by atoms with van der Waals surface area (Å²) in [5.41, 5.74) is 0. The van der Waals surface area contributed by atoms with E-state index in [2.05, 4.69) is 0 Å². The van der Waals surface area contributed by atoms with Crippen molar-refractivity contribution in [3.63, 3.8) is 0 Å². The van der Waals surface area contributed by atoms with Gasteiger partial charge in [0.1, 0.15) is 0 Å². The Morgan fingerprint density at radius 1 is 1.31 bits per heavy atom. The third-order valence-electron chi connectivity index (χ3n) is 3.96. The molecule has 16 heavy (non-hydrogen) atoms. The van der Waals surface area contributed by atoms with E-state index in [-0.39, 0.29) is 23.6 Å². The molecule has 0 aromatic carbocycles. The highest BCUT2D eigenvalue weighted by Crippen LogP contribution is 2.39. The monoisotopic (exact) mass is 243 g/mol. The van der Waals surface area contributed by atoms with E-state index < -0.39 is 0 Å². The topological polar surface area (TPSA) is 37.4 Å². The molecular formula is C12H18ClNO2. The van der Waals surface area contributed by atoms with Gasteiger partial charge in [0.05, 0.1) is 11.9 Å². The Kier molecular flexibility index (Phi) is 3.53. The summed E-state index contributed by atoms with van der Waals surface area (Å²) in [5, 5.41) is 0. The van der Waals surface area contributed by atoms with Gasteiger partial charge in [-0.25, -0.2) is 0 Å². The number of rotatable bonds is 2. The molecule has 0 spiro atoms. The molecule has 0 bridgehead atoms. The number of nitrogens with zero attached hydrogens (tertiary/aromatic N) is 1. The van der Waals surface area contributed by atoms with Gasteiger partial charge < -0.3 is 4.90 Å². The van der Waals surface area contributed by atoms with Crippen LogP contribution in [0.4, 0.5) is 0 Å². The first-order valence-corrected chi connectivity index (χ1v) is 6.56. The molecule has 1 heterocycles. The minimum absolute atomic E-state index is 0.00580. The van der Waals surface area contributed by atoms with Gasteiger partial charge in [0.15, 0.2) is 5.78 Å². The summed E-state index contributed by atoms with van der Waals surface area (Å²) in [4.78, 5) is 25.2. The number of carbonyl (C=O) groups excluding carboxylic acids is 2. The quantitative estimate of drug-likeness (QED) is 0.696. The number of ketones is 1. The fourth-order valence-corrected chi connectivity index (χ4v) is 3.47. The highest BCUT2D eigenvalue weighted by Gasteiger charge is 2.45. The molecule has 1 aliphatic heterocycles. The van der Waals surface area contributed by atoms with E-state index >= 15 is 0 Å². The number of Topliss-reactive ketones (excluding diaryl/α,β-unsaturated/α-hetero) is 1. The van der Waals surface area contributed by atoms with Gasteiger partial charge in [-0.05, 0) is 25.2 Å². The highest BCUT2D eigenvalue weighted by molar-refractivity contribution is 6.28. The highest BCUT2D eigenvalue weighted by atomic mass is 35.5. The van der Waals surface area contributed by atoms with E-state index in [1.54, 1.807) is 11.8 Å². The van der Waals surface area contributed by atoms with Crippen LogP contribution in [-0.4, -0.2) is 34.6 Å². The lowest BCUT2D eigenvalue weighted by Gasteiger charge is -2.32. The standard InChI is InChI=1S/C12H18ClNO2/c1-8(15)14-10-5-3-2-4-9(10)6-11(14)12(16)7-13/h9-11H,2-7H2,1H3. The first-order chi connectivity index (χ1) is 7.65. The predicted molar refractivity (Wildman–Crippen MR) is 62.4 cm³/mol. The molecule has 1 aliphatic carbocycles. The van der Waals surface area contributed by atoms with E-state index in [1.807, 2.05) is 0 Å². The van der Waals surface area contributed by atoms with Crippen molar-refractivity contribution in [2.75, 3.05) is 5.88 Å². The molecule has 0 N–H and O–H groups in total. The van der Waals surface area contributed by atoms with Crippen molar-refractivity contribution in [1.29, 1.82) is 0 Å². The largest absolute Gasteiger partial charge is 0.330 e. The Hall–Kier alpha value is -0.570. The molecule has 1 saturated heterocycles. The maximum absolute atomic E-state index is 11.7. The van der Waals surface area contributed by atoms with Gasteiger partial charge in [-0.2, -0.15) is 0 Å². The molecule has 1 saturated carbocycles. The third kappa shape index (κ3) is 1.97. The van der Waals surface area contributed by atoms with Crippen LogP contribution >= 0.6 is 11.6 Å². The maximum Gasteiger partial charge on any atom is 0.220 e. The molecule has 3 unspecified atom stereocenters. The third-order valence-corrected chi connectivity index (χ3v) is 4.22. The Morgan fingerprint density at radius 3 is 2.62 bits per heavy atom. The molecule has 3 nitrogen and oxygen atoms in total. The van der Waals surface area contributed by atoms with Crippen molar-refractivity contribution >= 4 is 23.3 Å². The molecule has 3 atom stereocenters. The average molecular weight is 244 g/mol. The number of amides is 1. The number of carbonyl (C=O) groups is 2. The fourth-order valence-electron chi connectivity index (χ4n) is 3.29. The Morgan fingerprint density at radius 2 is 2.00 bits per heavy atom. The van der Waals surface area contributed by atoms with Gasteiger partial charge in [0.25, 0.3) is 0 Å². The van der Waals surface area contributed by atoms with Crippen LogP contribution < -0.4 is 0 Å². The molecule has 2 aliphatic rings. The van der Waals surface area contributed by atoms with E-state index in [0.717, 1.165) is 19.3 Å². The second-order valence-electron chi connectivity index (χ2n) is 4.89. The number of likely N-dealkylation sites (tertiary alicyclic amines) is 1. The van der Waals surface area contributed by atoms with Crippen molar-refractivity contribution in [2.45, 2.75) is 51.1 Å². The van der Waals surface area contributed by atoms with Crippen molar-refractivity contribution in [2.24, 2.45) is 5.92 Å². The summed E-state index contributed by atoms with van der Waals surface area (Å²) in [5.74, 6) is 0.576. The zero-order chi connectivity index (χ0) is 11.7. The molecule has 4 heteroatoms. The predicted octanol–water partition coefficient (Wildman–Crippen LogP) is 1.97. The first kappa shape index (κ1) is 11.9.